The van der Waals surface area contributed by atoms with E-state index in [9.17, 15) is 0 Å². The monoisotopic (exact) mass is 1980 g/mol. The fourth-order valence-corrected chi connectivity index (χ4v) is 30.6. The van der Waals surface area contributed by atoms with Crippen LogP contribution in [0, 0.1) is 0 Å². The first-order valence-corrected chi connectivity index (χ1v) is 60.0. The van der Waals surface area contributed by atoms with Gasteiger partial charge in [0.1, 0.15) is 0 Å². The molecule has 6 saturated heterocycles. The van der Waals surface area contributed by atoms with E-state index in [-0.39, 0.29) is 139 Å². The zero-order chi connectivity index (χ0) is 102. The van der Waals surface area contributed by atoms with E-state index in [0.717, 1.165) is 306 Å². The number of aromatic nitrogens is 6. The molecule has 12 aliphatic rings. The van der Waals surface area contributed by atoms with Crippen molar-refractivity contribution >= 4 is 35.7 Å². The quantitative estimate of drug-likeness (QED) is 0.0574. The molecule has 12 fully saturated rings. The van der Waals surface area contributed by atoms with E-state index in [1.54, 1.807) is 0 Å². The Labute approximate surface area is 868 Å². The molecule has 0 N–H and O–H groups in total. The molecule has 24 nitrogen and oxygen atoms in total. The Kier molecular flexibility index (Phi) is 38.6. The van der Waals surface area contributed by atoms with Crippen LogP contribution in [-0.2, 0) is 29.0 Å². The maximum Gasteiger partial charge on any atom is 0.232 e. The Hall–Kier alpha value is -3.66. The molecule has 142 heavy (non-hydrogen) atoms. The third kappa shape index (κ3) is 28.2. The molecule has 814 valence electrons. The molecular formula is C118H216N18O6. The van der Waals surface area contributed by atoms with Gasteiger partial charge in [-0.05, 0) is 359 Å². The average Bonchev–Trinajstić information content (AvgIpc) is 0.749. The van der Waals surface area contributed by atoms with Crippen LogP contribution < -0.4 is 29.4 Å². The Morgan fingerprint density at radius 3 is 0.423 bits per heavy atom. The van der Waals surface area contributed by atoms with E-state index in [0.29, 0.717) is 0 Å². The average molecular weight is 1980 g/mol. The number of piperidine rings is 6. The first-order valence-electron chi connectivity index (χ1n) is 60.0. The minimum Gasteiger partial charge on any atom is -0.337 e. The third-order valence-electron chi connectivity index (χ3n) is 36.2. The summed E-state index contributed by atoms with van der Waals surface area (Å²) >= 11 is 0. The predicted octanol–water partition coefficient (Wildman–Crippen LogP) is 28.1. The second kappa shape index (κ2) is 48.1. The van der Waals surface area contributed by atoms with Crippen LogP contribution in [0.25, 0.3) is 0 Å². The largest absolute Gasteiger partial charge is 0.337 e. The van der Waals surface area contributed by atoms with Crippen molar-refractivity contribution < 1.29 is 29.0 Å². The van der Waals surface area contributed by atoms with Crippen LogP contribution in [0.4, 0.5) is 35.7 Å². The van der Waals surface area contributed by atoms with Gasteiger partial charge >= 0.3 is 0 Å². The number of hydrogen-bond acceptors (Lipinski definition) is 24. The highest BCUT2D eigenvalue weighted by molar-refractivity contribution is 5.52. The third-order valence-corrected chi connectivity index (χ3v) is 36.2. The molecule has 0 amide bonds. The van der Waals surface area contributed by atoms with E-state index in [1.165, 1.54) is 116 Å². The summed E-state index contributed by atoms with van der Waals surface area (Å²) in [4.78, 5) is 97.7. The predicted molar refractivity (Wildman–Crippen MR) is 588 cm³/mol. The number of rotatable bonds is 43. The van der Waals surface area contributed by atoms with Gasteiger partial charge in [-0.1, -0.05) is 182 Å². The van der Waals surface area contributed by atoms with Crippen molar-refractivity contribution in [2.45, 2.75) is 680 Å². The summed E-state index contributed by atoms with van der Waals surface area (Å²) in [7, 11) is 0. The molecule has 6 aliphatic carbocycles. The SMILES string of the molecule is CCCCN(c1nc(N(CCCC)C2CC(C)(C)N(OC3CCCCC3)C(C)(C)C2)nc(N(CCCCCCN(c2nc(N(CCCC)C3CC(C)(C)N(OC4CCCCC4)C(C)(C)C3)nc(N(CCCC)C3CC(C)(C)N(OC4CCCCC4)C(C)(C)C3)n2)C2CC(C)(C)N(OC3CCCCC3)C(C)(C)C2)C2CC(C)(C)N(OC3CCCCC3)C(C)(C)C2)n1)C1CC(C)(C)N(OC2CCCCC2)C(C)(C)C1. The smallest absolute Gasteiger partial charge is 0.232 e. The van der Waals surface area contributed by atoms with Crippen LogP contribution in [0.3, 0.4) is 0 Å². The van der Waals surface area contributed by atoms with Crippen molar-refractivity contribution in [3.63, 3.8) is 0 Å². The molecule has 0 aromatic carbocycles. The summed E-state index contributed by atoms with van der Waals surface area (Å²) in [6, 6.07) is 0.795. The van der Waals surface area contributed by atoms with Gasteiger partial charge in [0.15, 0.2) is 0 Å². The molecule has 2 aromatic rings. The molecule has 0 spiro atoms. The van der Waals surface area contributed by atoms with Crippen molar-refractivity contribution in [2.24, 2.45) is 0 Å². The lowest BCUT2D eigenvalue weighted by molar-refractivity contribution is -0.310. The zero-order valence-electron chi connectivity index (χ0n) is 96.9. The highest BCUT2D eigenvalue weighted by atomic mass is 16.7. The lowest BCUT2D eigenvalue weighted by atomic mass is 9.78. The van der Waals surface area contributed by atoms with Crippen molar-refractivity contribution in [1.82, 2.24) is 60.3 Å². The van der Waals surface area contributed by atoms with Gasteiger partial charge < -0.3 is 29.4 Å². The topological polar surface area (TPSA) is 172 Å². The second-order valence-electron chi connectivity index (χ2n) is 55.5. The number of hydroxylamine groups is 12. The highest BCUT2D eigenvalue weighted by Gasteiger charge is 2.58. The highest BCUT2D eigenvalue weighted by Crippen LogP contribution is 2.53. The zero-order valence-corrected chi connectivity index (χ0v) is 96.9. The van der Waals surface area contributed by atoms with Gasteiger partial charge in [-0.3, -0.25) is 29.0 Å². The molecule has 6 saturated carbocycles. The van der Waals surface area contributed by atoms with E-state index in [1.807, 2.05) is 0 Å². The van der Waals surface area contributed by atoms with E-state index in [4.69, 9.17) is 58.9 Å². The summed E-state index contributed by atoms with van der Waals surface area (Å²) in [6.45, 7) is 73.8. The summed E-state index contributed by atoms with van der Waals surface area (Å²) < 4.78 is 0. The molecule has 8 heterocycles. The van der Waals surface area contributed by atoms with Gasteiger partial charge in [-0.15, -0.1) is 0 Å². The Bertz CT molecular complexity index is 3610. The van der Waals surface area contributed by atoms with Gasteiger partial charge in [0.05, 0.1) is 36.6 Å². The van der Waals surface area contributed by atoms with Crippen molar-refractivity contribution in [3.05, 3.63) is 0 Å². The molecule has 0 bridgehead atoms. The van der Waals surface area contributed by atoms with Crippen LogP contribution in [-0.4, -0.2) is 239 Å². The van der Waals surface area contributed by atoms with Crippen LogP contribution in [0.1, 0.15) is 541 Å². The van der Waals surface area contributed by atoms with Crippen LogP contribution in [0.5, 0.6) is 0 Å². The maximum absolute atomic E-state index is 7.45. The second-order valence-corrected chi connectivity index (χ2v) is 55.5. The van der Waals surface area contributed by atoms with E-state index < -0.39 is 0 Å². The Morgan fingerprint density at radius 2 is 0.303 bits per heavy atom. The van der Waals surface area contributed by atoms with Gasteiger partial charge in [0.25, 0.3) is 0 Å². The van der Waals surface area contributed by atoms with E-state index >= 15 is 0 Å². The molecule has 2 aromatic heterocycles. The molecule has 0 unspecified atom stereocenters. The van der Waals surface area contributed by atoms with Crippen LogP contribution >= 0.6 is 0 Å². The number of nitrogens with zero attached hydrogens (tertiary/aromatic N) is 18. The maximum atomic E-state index is 7.45. The molecular weight excluding hydrogens is 1770 g/mol. The summed E-state index contributed by atoms with van der Waals surface area (Å²) in [5.41, 5.74) is -3.32. The lowest BCUT2D eigenvalue weighted by Gasteiger charge is -2.57. The summed E-state index contributed by atoms with van der Waals surface area (Å²) in [5.74, 6) is 5.03. The van der Waals surface area contributed by atoms with Crippen LogP contribution in [0.2, 0.25) is 0 Å². The molecule has 0 atom stereocenters. The first-order chi connectivity index (χ1) is 67.1. The normalized spacial score (nSPS) is 26.5. The van der Waals surface area contributed by atoms with Crippen molar-refractivity contribution in [2.75, 3.05) is 68.7 Å². The van der Waals surface area contributed by atoms with Crippen molar-refractivity contribution in [3.8, 4) is 0 Å². The summed E-state index contributed by atoms with van der Waals surface area (Å²) in [5, 5.41) is 14.8. The first kappa shape index (κ1) is 114. The van der Waals surface area contributed by atoms with E-state index in [2.05, 4.69) is 254 Å². The lowest BCUT2D eigenvalue weighted by Crippen LogP contribution is -2.65. The number of hydrogen-bond donors (Lipinski definition) is 0. The molecule has 6 aliphatic heterocycles. The summed E-state index contributed by atoms with van der Waals surface area (Å²) in [6.07, 6.45) is 61.2. The molecule has 24 heteroatoms. The minimum atomic E-state index is -0.307. The van der Waals surface area contributed by atoms with Gasteiger partial charge in [-0.2, -0.15) is 60.3 Å². The van der Waals surface area contributed by atoms with Gasteiger partial charge in [0.2, 0.25) is 35.7 Å². The van der Waals surface area contributed by atoms with Gasteiger partial charge in [-0.25, -0.2) is 0 Å². The Balaban J connectivity index is 0.868. The number of anilines is 6. The molecule has 0 radical (unpaired) electrons. The fourth-order valence-electron chi connectivity index (χ4n) is 30.6. The van der Waals surface area contributed by atoms with Crippen LogP contribution in [0.15, 0.2) is 0 Å². The van der Waals surface area contributed by atoms with Crippen molar-refractivity contribution in [1.29, 1.82) is 0 Å². The standard InChI is InChI=1S/C118H216N18O6/c1-29-33-71-125(89-77-107(5,6)131(108(7,8)78-89)137-95-59-45-39-46-60-95)101-119-102(126(72-34-30-2)90-79-109(9,10)132(110(11,12)80-90)138-96-61-47-40-48-62-96)122-105(121-101)129(93-85-115(21,22)135(116(23,24)86-93)141-99-67-53-43-54-68-99)75-57-37-38-58-76-130(94-87-117(25,26)136(118(27,28)88-94)142-100-69-55-44-56-70-100)106-123-103(127(73-35-31-3)91-81-111(13,14)133(112(15,16)82-91)139-97-63-49-41-50-64-97)120-104(124-106)128(74-36-32-4)92-83-113(17,18)134(114(19,20)84-92)140-98-65-51-42-52-66-98/h89-100H,29-88H2,1-28H3. The minimum absolute atomic E-state index is 0.0962. The molecule has 14 rings (SSSR count). The number of unbranched alkanes of at least 4 members (excludes halogenated alkanes) is 7. The fraction of sp³-hybridized carbons (Fsp3) is 0.949. The van der Waals surface area contributed by atoms with Gasteiger partial charge in [0, 0.05) is 142 Å². The Morgan fingerprint density at radius 1 is 0.183 bits per heavy atom.